The number of carbonyl (C=O) groups excluding carboxylic acids is 2. The van der Waals surface area contributed by atoms with Gasteiger partial charge in [-0.15, -0.1) is 0 Å². The van der Waals surface area contributed by atoms with Crippen LogP contribution in [0.3, 0.4) is 0 Å². The van der Waals surface area contributed by atoms with Gasteiger partial charge in [0.2, 0.25) is 10.0 Å². The van der Waals surface area contributed by atoms with E-state index in [1.807, 2.05) is 6.92 Å². The minimum absolute atomic E-state index is 0.0527. The molecular formula is C17H24N2O6S. The van der Waals surface area contributed by atoms with Crippen LogP contribution in [0.2, 0.25) is 0 Å². The number of benzene rings is 1. The number of carbonyl (C=O) groups is 2. The van der Waals surface area contributed by atoms with Crippen molar-refractivity contribution in [1.29, 1.82) is 0 Å². The summed E-state index contributed by atoms with van der Waals surface area (Å²) in [6, 6.07) is 3.54. The van der Waals surface area contributed by atoms with Crippen LogP contribution in [-0.4, -0.2) is 74.0 Å². The number of amides is 1. The van der Waals surface area contributed by atoms with E-state index in [4.69, 9.17) is 4.74 Å². The number of ether oxygens (including phenoxy) is 1. The highest BCUT2D eigenvalue weighted by Gasteiger charge is 2.44. The van der Waals surface area contributed by atoms with Gasteiger partial charge in [0.05, 0.1) is 11.0 Å². The molecule has 9 heteroatoms. The predicted molar refractivity (Wildman–Crippen MR) is 93.9 cm³/mol. The van der Waals surface area contributed by atoms with Gasteiger partial charge in [0.1, 0.15) is 6.04 Å². The highest BCUT2D eigenvalue weighted by atomic mass is 32.2. The lowest BCUT2D eigenvalue weighted by atomic mass is 10.1. The molecule has 1 heterocycles. The second-order valence-corrected chi connectivity index (χ2v) is 8.51. The molecule has 144 valence electrons. The third-order valence-electron chi connectivity index (χ3n) is 4.43. The normalized spacial score (nSPS) is 20.8. The van der Waals surface area contributed by atoms with Crippen LogP contribution in [0.1, 0.15) is 17.5 Å². The minimum atomic E-state index is -3.98. The van der Waals surface area contributed by atoms with Crippen molar-refractivity contribution in [1.82, 2.24) is 9.21 Å². The average Bonchev–Trinajstić information content (AvgIpc) is 2.97. The summed E-state index contributed by atoms with van der Waals surface area (Å²) in [4.78, 5) is 25.2. The predicted octanol–water partition coefficient (Wildman–Crippen LogP) is 0.0587. The van der Waals surface area contributed by atoms with Gasteiger partial charge in [0, 0.05) is 27.1 Å². The number of aryl methyl sites for hydroxylation is 2. The van der Waals surface area contributed by atoms with Gasteiger partial charge in [-0.05, 0) is 37.1 Å². The minimum Gasteiger partial charge on any atom is -0.454 e. The molecule has 1 N–H and O–H groups in total. The summed E-state index contributed by atoms with van der Waals surface area (Å²) in [6.45, 7) is 2.99. The van der Waals surface area contributed by atoms with Gasteiger partial charge >= 0.3 is 5.97 Å². The van der Waals surface area contributed by atoms with Gasteiger partial charge in [-0.3, -0.25) is 9.59 Å². The topological polar surface area (TPSA) is 104 Å². The van der Waals surface area contributed by atoms with Crippen molar-refractivity contribution in [2.45, 2.75) is 37.3 Å². The van der Waals surface area contributed by atoms with Crippen LogP contribution in [0, 0.1) is 13.8 Å². The van der Waals surface area contributed by atoms with Gasteiger partial charge in [0.25, 0.3) is 5.91 Å². The van der Waals surface area contributed by atoms with Gasteiger partial charge in [0.15, 0.2) is 6.61 Å². The van der Waals surface area contributed by atoms with E-state index in [0.29, 0.717) is 0 Å². The molecule has 26 heavy (non-hydrogen) atoms. The Morgan fingerprint density at radius 3 is 2.50 bits per heavy atom. The maximum absolute atomic E-state index is 12.9. The van der Waals surface area contributed by atoms with Crippen molar-refractivity contribution >= 4 is 21.9 Å². The molecule has 0 spiro atoms. The standard InChI is InChI=1S/C17H24N2O6S/c1-11-5-6-14(7-12(11)2)26(23,24)19-9-13(20)8-15(19)17(22)25-10-16(21)18(3)4/h5-7,13,15,20H,8-10H2,1-4H3/t13?,15-/m0/s1. The molecule has 1 fully saturated rings. The summed E-state index contributed by atoms with van der Waals surface area (Å²) < 4.78 is 31.8. The molecule has 8 nitrogen and oxygen atoms in total. The molecule has 0 saturated carbocycles. The highest BCUT2D eigenvalue weighted by molar-refractivity contribution is 7.89. The van der Waals surface area contributed by atoms with Crippen molar-refractivity contribution < 1.29 is 27.9 Å². The van der Waals surface area contributed by atoms with Crippen LogP contribution >= 0.6 is 0 Å². The molecule has 1 aromatic carbocycles. The number of sulfonamides is 1. The van der Waals surface area contributed by atoms with Gasteiger partial charge in [-0.25, -0.2) is 8.42 Å². The zero-order valence-electron chi connectivity index (χ0n) is 15.3. The molecule has 1 saturated heterocycles. The molecule has 1 aliphatic rings. The van der Waals surface area contributed by atoms with Crippen LogP contribution in [-0.2, 0) is 24.3 Å². The summed E-state index contributed by atoms with van der Waals surface area (Å²) in [5, 5.41) is 9.90. The Hall–Kier alpha value is -1.97. The quantitative estimate of drug-likeness (QED) is 0.720. The Labute approximate surface area is 153 Å². The highest BCUT2D eigenvalue weighted by Crippen LogP contribution is 2.28. The first kappa shape index (κ1) is 20.3. The van der Waals surface area contributed by atoms with Crippen LogP contribution in [0.4, 0.5) is 0 Å². The fraction of sp³-hybridized carbons (Fsp3) is 0.529. The van der Waals surface area contributed by atoms with Crippen LogP contribution in [0.5, 0.6) is 0 Å². The van der Waals surface area contributed by atoms with Crippen LogP contribution < -0.4 is 0 Å². The van der Waals surface area contributed by atoms with Crippen LogP contribution in [0.15, 0.2) is 23.1 Å². The van der Waals surface area contributed by atoms with Crippen molar-refractivity contribution in [3.8, 4) is 0 Å². The number of aliphatic hydroxyl groups is 1. The summed E-state index contributed by atoms with van der Waals surface area (Å²) >= 11 is 0. The van der Waals surface area contributed by atoms with E-state index in [1.54, 1.807) is 13.0 Å². The van der Waals surface area contributed by atoms with Crippen LogP contribution in [0.25, 0.3) is 0 Å². The van der Waals surface area contributed by atoms with E-state index in [0.717, 1.165) is 15.4 Å². The maximum atomic E-state index is 12.9. The summed E-state index contributed by atoms with van der Waals surface area (Å²) in [5.74, 6) is -1.26. The SMILES string of the molecule is Cc1ccc(S(=O)(=O)N2CC(O)C[C@H]2C(=O)OCC(=O)N(C)C)cc1C. The first-order valence-corrected chi connectivity index (χ1v) is 9.62. The fourth-order valence-electron chi connectivity index (χ4n) is 2.63. The molecule has 0 aliphatic carbocycles. The van der Waals surface area contributed by atoms with Crippen molar-refractivity contribution in [2.24, 2.45) is 0 Å². The Bertz CT molecular complexity index is 805. The fourth-order valence-corrected chi connectivity index (χ4v) is 4.34. The second-order valence-electron chi connectivity index (χ2n) is 6.62. The molecule has 1 aromatic rings. The molecule has 0 aromatic heterocycles. The monoisotopic (exact) mass is 384 g/mol. The van der Waals surface area contributed by atoms with Crippen molar-refractivity contribution in [2.75, 3.05) is 27.2 Å². The number of rotatable bonds is 5. The number of hydrogen-bond donors (Lipinski definition) is 1. The number of hydrogen-bond acceptors (Lipinski definition) is 6. The first-order valence-electron chi connectivity index (χ1n) is 8.18. The van der Waals surface area contributed by atoms with E-state index in [1.165, 1.54) is 31.1 Å². The number of β-amino-alcohol motifs (C(OH)–C–C–N with tert-alkyl or cyclic N) is 1. The molecule has 1 unspecified atom stereocenters. The Balaban J connectivity index is 2.23. The maximum Gasteiger partial charge on any atom is 0.325 e. The lowest BCUT2D eigenvalue weighted by molar-refractivity contribution is -0.153. The van der Waals surface area contributed by atoms with E-state index in [9.17, 15) is 23.1 Å². The Morgan fingerprint density at radius 2 is 1.92 bits per heavy atom. The van der Waals surface area contributed by atoms with E-state index in [-0.39, 0.29) is 17.9 Å². The molecular weight excluding hydrogens is 360 g/mol. The van der Waals surface area contributed by atoms with Gasteiger partial charge in [-0.2, -0.15) is 4.31 Å². The second kappa shape index (κ2) is 7.73. The summed E-state index contributed by atoms with van der Waals surface area (Å²) in [7, 11) is -0.943. The number of likely N-dealkylation sites (N-methyl/N-ethyl adjacent to an activating group) is 1. The van der Waals surface area contributed by atoms with E-state index >= 15 is 0 Å². The average molecular weight is 384 g/mol. The number of aliphatic hydroxyl groups excluding tert-OH is 1. The molecule has 1 aliphatic heterocycles. The largest absolute Gasteiger partial charge is 0.454 e. The van der Waals surface area contributed by atoms with Crippen molar-refractivity contribution in [3.05, 3.63) is 29.3 Å². The zero-order chi connectivity index (χ0) is 19.6. The third kappa shape index (κ3) is 4.22. The molecule has 1 amide bonds. The number of nitrogens with zero attached hydrogens (tertiary/aromatic N) is 2. The lowest BCUT2D eigenvalue weighted by Gasteiger charge is -2.23. The van der Waals surface area contributed by atoms with Gasteiger partial charge in [-0.1, -0.05) is 6.07 Å². The van der Waals surface area contributed by atoms with Gasteiger partial charge < -0.3 is 14.7 Å². The first-order chi connectivity index (χ1) is 12.0. The lowest BCUT2D eigenvalue weighted by Crippen LogP contribution is -2.42. The molecule has 0 bridgehead atoms. The summed E-state index contributed by atoms with van der Waals surface area (Å²) in [6.07, 6.45) is -1.04. The molecule has 0 radical (unpaired) electrons. The third-order valence-corrected chi connectivity index (χ3v) is 6.30. The smallest absolute Gasteiger partial charge is 0.325 e. The van der Waals surface area contributed by atoms with E-state index < -0.39 is 40.7 Å². The Kier molecular flexibility index (Phi) is 6.05. The molecule has 2 rings (SSSR count). The van der Waals surface area contributed by atoms with Crippen molar-refractivity contribution in [3.63, 3.8) is 0 Å². The zero-order valence-corrected chi connectivity index (χ0v) is 16.1. The summed E-state index contributed by atoms with van der Waals surface area (Å²) in [5.41, 5.74) is 1.75. The van der Waals surface area contributed by atoms with E-state index in [2.05, 4.69) is 0 Å². The number of esters is 1. The molecule has 2 atom stereocenters. The Morgan fingerprint density at radius 1 is 1.27 bits per heavy atom.